The first-order valence-electron chi connectivity index (χ1n) is 7.80. The first kappa shape index (κ1) is 17.0. The zero-order valence-corrected chi connectivity index (χ0v) is 14.3. The Balaban J connectivity index is 1.59. The van der Waals surface area contributed by atoms with E-state index in [4.69, 9.17) is 11.6 Å². The predicted octanol–water partition coefficient (Wildman–Crippen LogP) is 2.65. The highest BCUT2D eigenvalue weighted by Crippen LogP contribution is 2.15. The van der Waals surface area contributed by atoms with Crippen LogP contribution in [0, 0.1) is 0 Å². The fourth-order valence-electron chi connectivity index (χ4n) is 2.41. The summed E-state index contributed by atoms with van der Waals surface area (Å²) in [6, 6.07) is 13.8. The van der Waals surface area contributed by atoms with Crippen LogP contribution in [0.15, 0.2) is 48.5 Å². The first-order valence-corrected chi connectivity index (χ1v) is 8.18. The molecule has 3 rings (SSSR count). The van der Waals surface area contributed by atoms with Crippen LogP contribution >= 0.6 is 11.6 Å². The third-order valence-corrected chi connectivity index (χ3v) is 4.06. The minimum Gasteiger partial charge on any atom is -0.350 e. The van der Waals surface area contributed by atoms with Gasteiger partial charge in [-0.1, -0.05) is 41.9 Å². The largest absolute Gasteiger partial charge is 0.350 e. The number of aromatic nitrogens is 2. The third kappa shape index (κ3) is 3.97. The van der Waals surface area contributed by atoms with Crippen LogP contribution in [-0.2, 0) is 11.3 Å². The summed E-state index contributed by atoms with van der Waals surface area (Å²) in [4.78, 5) is 24.5. The monoisotopic (exact) mass is 356 g/mol. The summed E-state index contributed by atoms with van der Waals surface area (Å²) in [5.41, 5.74) is 1.97. The van der Waals surface area contributed by atoms with Crippen molar-refractivity contribution < 1.29 is 9.59 Å². The molecule has 0 fully saturated rings. The van der Waals surface area contributed by atoms with Gasteiger partial charge >= 0.3 is 0 Å². The molecule has 25 heavy (non-hydrogen) atoms. The van der Waals surface area contributed by atoms with Crippen LogP contribution in [-0.4, -0.2) is 28.1 Å². The van der Waals surface area contributed by atoms with E-state index in [0.717, 1.165) is 11.1 Å². The van der Waals surface area contributed by atoms with E-state index in [0.29, 0.717) is 17.0 Å². The van der Waals surface area contributed by atoms with Crippen molar-refractivity contribution in [3.05, 3.63) is 64.8 Å². The SMILES string of the molecule is CC(NC(=O)c1n[nH]c2ccccc12)C(=O)NCc1ccc(Cl)cc1. The van der Waals surface area contributed by atoms with Crippen molar-refractivity contribution in [2.75, 3.05) is 0 Å². The van der Waals surface area contributed by atoms with Gasteiger partial charge in [-0.05, 0) is 30.7 Å². The van der Waals surface area contributed by atoms with E-state index < -0.39 is 11.9 Å². The molecule has 0 saturated heterocycles. The van der Waals surface area contributed by atoms with Gasteiger partial charge in [0.05, 0.1) is 5.52 Å². The summed E-state index contributed by atoms with van der Waals surface area (Å²) in [6.07, 6.45) is 0. The van der Waals surface area contributed by atoms with E-state index in [1.807, 2.05) is 30.3 Å². The Labute approximate surface area is 149 Å². The summed E-state index contributed by atoms with van der Waals surface area (Å²) >= 11 is 5.83. The van der Waals surface area contributed by atoms with Crippen LogP contribution in [0.5, 0.6) is 0 Å². The second-order valence-corrected chi connectivity index (χ2v) is 6.09. The van der Waals surface area contributed by atoms with E-state index in [2.05, 4.69) is 20.8 Å². The second kappa shape index (κ2) is 7.36. The highest BCUT2D eigenvalue weighted by molar-refractivity contribution is 6.30. The Morgan fingerprint density at radius 3 is 2.64 bits per heavy atom. The Bertz CT molecular complexity index is 905. The molecule has 128 valence electrons. The van der Waals surface area contributed by atoms with Crippen LogP contribution in [0.25, 0.3) is 10.9 Å². The van der Waals surface area contributed by atoms with Gasteiger partial charge in [-0.2, -0.15) is 5.10 Å². The lowest BCUT2D eigenvalue weighted by Crippen LogP contribution is -2.44. The van der Waals surface area contributed by atoms with Gasteiger partial charge in [0.1, 0.15) is 6.04 Å². The van der Waals surface area contributed by atoms with Crippen molar-refractivity contribution >= 4 is 34.3 Å². The van der Waals surface area contributed by atoms with E-state index in [9.17, 15) is 9.59 Å². The molecule has 0 spiro atoms. The molecule has 0 aliphatic carbocycles. The lowest BCUT2D eigenvalue weighted by Gasteiger charge is -2.13. The van der Waals surface area contributed by atoms with Gasteiger partial charge in [0, 0.05) is 17.0 Å². The first-order chi connectivity index (χ1) is 12.0. The van der Waals surface area contributed by atoms with E-state index in [-0.39, 0.29) is 11.6 Å². The van der Waals surface area contributed by atoms with Gasteiger partial charge in [0.15, 0.2) is 5.69 Å². The number of carbonyl (C=O) groups excluding carboxylic acids is 2. The predicted molar refractivity (Wildman–Crippen MR) is 96.3 cm³/mol. The summed E-state index contributed by atoms with van der Waals surface area (Å²) in [5, 5.41) is 13.6. The molecular formula is C18H17ClN4O2. The number of carbonyl (C=O) groups is 2. The molecule has 1 heterocycles. The number of nitrogens with zero attached hydrogens (tertiary/aromatic N) is 1. The number of H-pyrrole nitrogens is 1. The molecule has 1 unspecified atom stereocenters. The molecule has 0 aliphatic rings. The third-order valence-electron chi connectivity index (χ3n) is 3.81. The second-order valence-electron chi connectivity index (χ2n) is 5.66. The maximum atomic E-state index is 12.4. The number of halogens is 1. The summed E-state index contributed by atoms with van der Waals surface area (Å²) in [7, 11) is 0. The Morgan fingerprint density at radius 2 is 1.88 bits per heavy atom. The van der Waals surface area contributed by atoms with Crippen molar-refractivity contribution in [1.82, 2.24) is 20.8 Å². The normalized spacial score (nSPS) is 11.9. The fraction of sp³-hybridized carbons (Fsp3) is 0.167. The lowest BCUT2D eigenvalue weighted by atomic mass is 10.2. The molecule has 2 amide bonds. The molecule has 0 bridgehead atoms. The lowest BCUT2D eigenvalue weighted by molar-refractivity contribution is -0.122. The van der Waals surface area contributed by atoms with Gasteiger partial charge in [-0.25, -0.2) is 0 Å². The van der Waals surface area contributed by atoms with Crippen LogP contribution in [0.4, 0.5) is 0 Å². The van der Waals surface area contributed by atoms with Crippen molar-refractivity contribution in [3.63, 3.8) is 0 Å². The summed E-state index contributed by atoms with van der Waals surface area (Å²) in [5.74, 6) is -0.672. The minimum atomic E-state index is -0.685. The number of rotatable bonds is 5. The quantitative estimate of drug-likeness (QED) is 0.656. The molecule has 0 aliphatic heterocycles. The number of benzene rings is 2. The molecule has 7 heteroatoms. The highest BCUT2D eigenvalue weighted by Gasteiger charge is 2.19. The average molecular weight is 357 g/mol. The zero-order valence-electron chi connectivity index (χ0n) is 13.5. The summed E-state index contributed by atoms with van der Waals surface area (Å²) < 4.78 is 0. The topological polar surface area (TPSA) is 86.9 Å². The Hall–Kier alpha value is -2.86. The Kier molecular flexibility index (Phi) is 5.00. The molecule has 0 radical (unpaired) electrons. The van der Waals surface area contributed by atoms with Gasteiger partial charge in [-0.15, -0.1) is 0 Å². The number of amides is 2. The number of aromatic amines is 1. The molecule has 3 aromatic rings. The van der Waals surface area contributed by atoms with E-state index in [1.54, 1.807) is 25.1 Å². The number of nitrogens with one attached hydrogen (secondary N) is 3. The smallest absolute Gasteiger partial charge is 0.273 e. The van der Waals surface area contributed by atoms with Gasteiger partial charge < -0.3 is 10.6 Å². The van der Waals surface area contributed by atoms with Crippen LogP contribution in [0.3, 0.4) is 0 Å². The van der Waals surface area contributed by atoms with E-state index >= 15 is 0 Å². The Morgan fingerprint density at radius 1 is 1.16 bits per heavy atom. The standard InChI is InChI=1S/C18H17ClN4O2/c1-11(17(24)20-10-12-6-8-13(19)9-7-12)21-18(25)16-14-4-2-3-5-15(14)22-23-16/h2-9,11H,10H2,1H3,(H,20,24)(H,21,25)(H,22,23). The maximum absolute atomic E-state index is 12.4. The van der Waals surface area contributed by atoms with Crippen molar-refractivity contribution in [2.24, 2.45) is 0 Å². The molecule has 1 atom stereocenters. The molecule has 1 aromatic heterocycles. The number of fused-ring (bicyclic) bond motifs is 1. The van der Waals surface area contributed by atoms with Gasteiger partial charge in [0.25, 0.3) is 5.91 Å². The van der Waals surface area contributed by atoms with Gasteiger partial charge in [0.2, 0.25) is 5.91 Å². The van der Waals surface area contributed by atoms with Gasteiger partial charge in [-0.3, -0.25) is 14.7 Å². The summed E-state index contributed by atoms with van der Waals surface area (Å²) in [6.45, 7) is 1.99. The average Bonchev–Trinajstić information content (AvgIpc) is 3.05. The van der Waals surface area contributed by atoms with E-state index in [1.165, 1.54) is 0 Å². The maximum Gasteiger partial charge on any atom is 0.273 e. The fourth-order valence-corrected chi connectivity index (χ4v) is 2.54. The molecule has 2 aromatic carbocycles. The molecule has 6 nitrogen and oxygen atoms in total. The van der Waals surface area contributed by atoms with Crippen LogP contribution in [0.1, 0.15) is 23.0 Å². The number of para-hydroxylation sites is 1. The minimum absolute atomic E-state index is 0.271. The highest BCUT2D eigenvalue weighted by atomic mass is 35.5. The number of hydrogen-bond donors (Lipinski definition) is 3. The van der Waals surface area contributed by atoms with Crippen LogP contribution < -0.4 is 10.6 Å². The number of hydrogen-bond acceptors (Lipinski definition) is 3. The molecular weight excluding hydrogens is 340 g/mol. The zero-order chi connectivity index (χ0) is 17.8. The molecule has 3 N–H and O–H groups in total. The molecule has 0 saturated carbocycles. The van der Waals surface area contributed by atoms with Crippen molar-refractivity contribution in [2.45, 2.75) is 19.5 Å². The van der Waals surface area contributed by atoms with Crippen molar-refractivity contribution in [1.29, 1.82) is 0 Å². The van der Waals surface area contributed by atoms with Crippen LogP contribution in [0.2, 0.25) is 5.02 Å². The van der Waals surface area contributed by atoms with Crippen molar-refractivity contribution in [3.8, 4) is 0 Å².